The molecule has 0 N–H and O–H groups in total. The molecule has 4 rings (SSSR count). The molecule has 0 saturated carbocycles. The van der Waals surface area contributed by atoms with Crippen molar-refractivity contribution in [2.75, 3.05) is 47.9 Å². The molecule has 0 atom stereocenters. The second-order valence-electron chi connectivity index (χ2n) is 6.95. The summed E-state index contributed by atoms with van der Waals surface area (Å²) in [5.41, 5.74) is 1.75. The lowest BCUT2D eigenvalue weighted by molar-refractivity contribution is 0.596. The van der Waals surface area contributed by atoms with Crippen LogP contribution < -0.4 is 14.7 Å². The van der Waals surface area contributed by atoms with Gasteiger partial charge in [0.25, 0.3) is 0 Å². The Kier molecular flexibility index (Phi) is 5.10. The van der Waals surface area contributed by atoms with Gasteiger partial charge in [0.2, 0.25) is 0 Å². The molecule has 0 radical (unpaired) electrons. The number of rotatable bonds is 4. The minimum atomic E-state index is -0.166. The van der Waals surface area contributed by atoms with Gasteiger partial charge in [0.15, 0.2) is 0 Å². The molecule has 1 fully saturated rings. The zero-order valence-electron chi connectivity index (χ0n) is 16.2. The van der Waals surface area contributed by atoms with E-state index in [2.05, 4.69) is 36.8 Å². The Morgan fingerprint density at radius 3 is 2.21 bits per heavy atom. The summed E-state index contributed by atoms with van der Waals surface area (Å²) in [6.45, 7) is 5.02. The molecule has 1 aromatic heterocycles. The largest absolute Gasteiger partial charge is 0.366 e. The summed E-state index contributed by atoms with van der Waals surface area (Å²) in [5, 5.41) is 0. The van der Waals surface area contributed by atoms with Crippen molar-refractivity contribution in [2.24, 2.45) is 0 Å². The van der Waals surface area contributed by atoms with E-state index in [1.54, 1.807) is 6.07 Å². The fraction of sp³-hybridized carbons (Fsp3) is 0.273. The maximum atomic E-state index is 14.1. The lowest BCUT2D eigenvalue weighted by Crippen LogP contribution is -2.47. The van der Waals surface area contributed by atoms with Crippen LogP contribution in [0.4, 0.5) is 27.4 Å². The fourth-order valence-corrected chi connectivity index (χ4v) is 3.54. The minimum absolute atomic E-state index is 0.166. The molecule has 1 aliphatic heterocycles. The van der Waals surface area contributed by atoms with Gasteiger partial charge < -0.3 is 14.7 Å². The molecule has 2 heterocycles. The standard InChI is InChI=1S/C22H24FN5/c1-17-24-21(26(2)18-8-4-3-5-9-18)16-22(25-17)28-14-12-27(13-15-28)20-11-7-6-10-19(20)23/h3-11,16H,12-15H2,1-2H3. The van der Waals surface area contributed by atoms with Gasteiger partial charge in [-0.3, -0.25) is 0 Å². The summed E-state index contributed by atoms with van der Waals surface area (Å²) in [4.78, 5) is 15.7. The Morgan fingerprint density at radius 2 is 1.50 bits per heavy atom. The number of aromatic nitrogens is 2. The highest BCUT2D eigenvalue weighted by Crippen LogP contribution is 2.26. The minimum Gasteiger partial charge on any atom is -0.366 e. The highest BCUT2D eigenvalue weighted by Gasteiger charge is 2.21. The van der Waals surface area contributed by atoms with Crippen molar-refractivity contribution in [1.29, 1.82) is 0 Å². The molecule has 144 valence electrons. The van der Waals surface area contributed by atoms with Crippen LogP contribution >= 0.6 is 0 Å². The van der Waals surface area contributed by atoms with Crippen LogP contribution in [0.1, 0.15) is 5.82 Å². The van der Waals surface area contributed by atoms with Crippen LogP contribution in [0.5, 0.6) is 0 Å². The number of hydrogen-bond acceptors (Lipinski definition) is 5. The molecule has 2 aromatic carbocycles. The Morgan fingerprint density at radius 1 is 0.857 bits per heavy atom. The molecule has 0 unspecified atom stereocenters. The van der Waals surface area contributed by atoms with E-state index in [-0.39, 0.29) is 5.82 Å². The molecule has 1 aliphatic rings. The average Bonchev–Trinajstić information content (AvgIpc) is 2.74. The SMILES string of the molecule is Cc1nc(N2CCN(c3ccccc3F)CC2)cc(N(C)c2ccccc2)n1. The van der Waals surface area contributed by atoms with Crippen LogP contribution in [0.25, 0.3) is 0 Å². The number of piperazine rings is 1. The molecule has 5 nitrogen and oxygen atoms in total. The molecule has 0 amide bonds. The molecule has 28 heavy (non-hydrogen) atoms. The van der Waals surface area contributed by atoms with Crippen molar-refractivity contribution in [3.63, 3.8) is 0 Å². The van der Waals surface area contributed by atoms with Crippen molar-refractivity contribution >= 4 is 23.0 Å². The van der Waals surface area contributed by atoms with E-state index in [0.717, 1.165) is 49.3 Å². The van der Waals surface area contributed by atoms with E-state index in [4.69, 9.17) is 0 Å². The van der Waals surface area contributed by atoms with Gasteiger partial charge in [0.1, 0.15) is 23.3 Å². The number of para-hydroxylation sites is 2. The van der Waals surface area contributed by atoms with Gasteiger partial charge in [-0.2, -0.15) is 0 Å². The molecule has 3 aromatic rings. The van der Waals surface area contributed by atoms with Gasteiger partial charge in [0.05, 0.1) is 5.69 Å². The lowest BCUT2D eigenvalue weighted by Gasteiger charge is -2.37. The van der Waals surface area contributed by atoms with Crippen molar-refractivity contribution in [3.8, 4) is 0 Å². The number of nitrogens with zero attached hydrogens (tertiary/aromatic N) is 5. The smallest absolute Gasteiger partial charge is 0.146 e. The average molecular weight is 377 g/mol. The second-order valence-corrected chi connectivity index (χ2v) is 6.95. The van der Waals surface area contributed by atoms with Gasteiger partial charge in [-0.15, -0.1) is 0 Å². The third-order valence-electron chi connectivity index (χ3n) is 5.09. The van der Waals surface area contributed by atoms with Crippen molar-refractivity contribution in [2.45, 2.75) is 6.92 Å². The summed E-state index contributed by atoms with van der Waals surface area (Å²) < 4.78 is 14.1. The third kappa shape index (κ3) is 3.76. The first-order valence-corrected chi connectivity index (χ1v) is 9.51. The maximum absolute atomic E-state index is 14.1. The van der Waals surface area contributed by atoms with Crippen molar-refractivity contribution < 1.29 is 4.39 Å². The number of aryl methyl sites for hydroxylation is 1. The van der Waals surface area contributed by atoms with Crippen LogP contribution in [-0.4, -0.2) is 43.2 Å². The first kappa shape index (κ1) is 18.2. The van der Waals surface area contributed by atoms with E-state index in [9.17, 15) is 4.39 Å². The van der Waals surface area contributed by atoms with E-state index in [1.807, 2.05) is 50.4 Å². The molecule has 0 bridgehead atoms. The molecular formula is C22H24FN5. The van der Waals surface area contributed by atoms with Gasteiger partial charge in [-0.25, -0.2) is 14.4 Å². The Balaban J connectivity index is 1.51. The Bertz CT molecular complexity index is 939. The van der Waals surface area contributed by atoms with E-state index < -0.39 is 0 Å². The monoisotopic (exact) mass is 377 g/mol. The first-order chi connectivity index (χ1) is 13.6. The number of benzene rings is 2. The predicted octanol–water partition coefficient (Wildman–Crippen LogP) is 4.02. The highest BCUT2D eigenvalue weighted by atomic mass is 19.1. The van der Waals surface area contributed by atoms with Crippen molar-refractivity contribution in [1.82, 2.24) is 9.97 Å². The number of hydrogen-bond donors (Lipinski definition) is 0. The van der Waals surface area contributed by atoms with Gasteiger partial charge in [-0.05, 0) is 31.2 Å². The molecule has 0 spiro atoms. The molecule has 0 aliphatic carbocycles. The Hall–Kier alpha value is -3.15. The predicted molar refractivity (Wildman–Crippen MR) is 112 cm³/mol. The summed E-state index contributed by atoms with van der Waals surface area (Å²) in [6.07, 6.45) is 0. The zero-order chi connectivity index (χ0) is 19.5. The summed E-state index contributed by atoms with van der Waals surface area (Å²) in [6, 6.07) is 19.1. The van der Waals surface area contributed by atoms with Crippen LogP contribution in [0.3, 0.4) is 0 Å². The van der Waals surface area contributed by atoms with Crippen LogP contribution in [0, 0.1) is 12.7 Å². The summed E-state index contributed by atoms with van der Waals surface area (Å²) in [5.74, 6) is 2.36. The van der Waals surface area contributed by atoms with Gasteiger partial charge >= 0.3 is 0 Å². The van der Waals surface area contributed by atoms with Crippen LogP contribution in [-0.2, 0) is 0 Å². The fourth-order valence-electron chi connectivity index (χ4n) is 3.54. The second kappa shape index (κ2) is 7.84. The first-order valence-electron chi connectivity index (χ1n) is 9.51. The highest BCUT2D eigenvalue weighted by molar-refractivity contribution is 5.62. The topological polar surface area (TPSA) is 35.5 Å². The van der Waals surface area contributed by atoms with E-state index in [1.165, 1.54) is 6.07 Å². The van der Waals surface area contributed by atoms with Crippen LogP contribution in [0.2, 0.25) is 0 Å². The zero-order valence-corrected chi connectivity index (χ0v) is 16.2. The van der Waals surface area contributed by atoms with Gasteiger partial charge in [-0.1, -0.05) is 30.3 Å². The van der Waals surface area contributed by atoms with E-state index >= 15 is 0 Å². The van der Waals surface area contributed by atoms with Crippen LogP contribution in [0.15, 0.2) is 60.7 Å². The van der Waals surface area contributed by atoms with E-state index in [0.29, 0.717) is 5.69 Å². The number of anilines is 4. The quantitative estimate of drug-likeness (QED) is 0.686. The lowest BCUT2D eigenvalue weighted by atomic mass is 10.2. The molecule has 1 saturated heterocycles. The van der Waals surface area contributed by atoms with Crippen molar-refractivity contribution in [3.05, 3.63) is 72.3 Å². The number of halogens is 1. The molecule has 6 heteroatoms. The summed E-state index contributed by atoms with van der Waals surface area (Å²) >= 11 is 0. The van der Waals surface area contributed by atoms with Gasteiger partial charge in [0, 0.05) is 45.0 Å². The third-order valence-corrected chi connectivity index (χ3v) is 5.09. The Labute approximate surface area is 165 Å². The summed E-state index contributed by atoms with van der Waals surface area (Å²) in [7, 11) is 2.01. The normalized spacial score (nSPS) is 14.2. The molecular weight excluding hydrogens is 353 g/mol. The maximum Gasteiger partial charge on any atom is 0.146 e.